The first kappa shape index (κ1) is 23.6. The van der Waals surface area contributed by atoms with Crippen LogP contribution in [-0.4, -0.2) is 36.2 Å². The van der Waals surface area contributed by atoms with Gasteiger partial charge in [-0.05, 0) is 144 Å². The summed E-state index contributed by atoms with van der Waals surface area (Å²) >= 11 is 0. The Morgan fingerprint density at radius 2 is 0.861 bits per heavy atom. The molecule has 9 saturated carbocycles. The Balaban J connectivity index is 0.845. The van der Waals surface area contributed by atoms with Gasteiger partial charge in [-0.25, -0.2) is 9.59 Å². The zero-order valence-electron chi connectivity index (χ0n) is 22.2. The molecular formula is C30H48N4O2. The van der Waals surface area contributed by atoms with Gasteiger partial charge >= 0.3 is 12.1 Å². The molecule has 9 aliphatic rings. The van der Waals surface area contributed by atoms with Crippen LogP contribution in [0.5, 0.6) is 0 Å². The fourth-order valence-electron chi connectivity index (χ4n) is 11.3. The van der Waals surface area contributed by atoms with E-state index in [-0.39, 0.29) is 23.1 Å². The first-order valence-electron chi connectivity index (χ1n) is 15.5. The Labute approximate surface area is 217 Å². The van der Waals surface area contributed by atoms with Gasteiger partial charge in [-0.3, -0.25) is 0 Å². The molecule has 4 N–H and O–H groups in total. The molecule has 2 unspecified atom stereocenters. The molecule has 9 aliphatic carbocycles. The second-order valence-electron chi connectivity index (χ2n) is 15.0. The maximum Gasteiger partial charge on any atom is 0.315 e. The van der Waals surface area contributed by atoms with Gasteiger partial charge in [0.25, 0.3) is 0 Å². The van der Waals surface area contributed by atoms with Crippen LogP contribution in [0.2, 0.25) is 0 Å². The van der Waals surface area contributed by atoms with Gasteiger partial charge in [0.15, 0.2) is 0 Å². The van der Waals surface area contributed by atoms with Crippen molar-refractivity contribution in [2.24, 2.45) is 47.3 Å². The van der Waals surface area contributed by atoms with Gasteiger partial charge in [-0.2, -0.15) is 0 Å². The summed E-state index contributed by atoms with van der Waals surface area (Å²) in [4.78, 5) is 25.8. The molecule has 4 amide bonds. The molecule has 8 bridgehead atoms. The van der Waals surface area contributed by atoms with Crippen molar-refractivity contribution in [2.75, 3.05) is 13.1 Å². The lowest BCUT2D eigenvalue weighted by Gasteiger charge is -2.56. The number of carbonyl (C=O) groups is 2. The van der Waals surface area contributed by atoms with Gasteiger partial charge in [0.05, 0.1) is 0 Å². The second kappa shape index (κ2) is 9.08. The van der Waals surface area contributed by atoms with Crippen LogP contribution in [-0.2, 0) is 0 Å². The summed E-state index contributed by atoms with van der Waals surface area (Å²) in [6.07, 6.45) is 20.3. The standard InChI is InChI=1S/C30H48N4O2/c35-27(33-29-11-21-5-22(12-29)7-23(6-21)13-29)31-17-19-2-1-3-20(4-19)18-32-28(36)34-30-14-24-8-25(15-30)10-26(9-24)16-30/h19-26H,1-18H2,(H2,31,33,35)(H2,32,34,36). The first-order valence-corrected chi connectivity index (χ1v) is 15.5. The van der Waals surface area contributed by atoms with Crippen LogP contribution in [0.4, 0.5) is 9.59 Å². The minimum atomic E-state index is 0.0622. The van der Waals surface area contributed by atoms with Crippen LogP contribution < -0.4 is 21.3 Å². The van der Waals surface area contributed by atoms with E-state index in [0.29, 0.717) is 11.8 Å². The van der Waals surface area contributed by atoms with E-state index in [1.54, 1.807) is 0 Å². The lowest BCUT2D eigenvalue weighted by molar-refractivity contribution is -0.0138. The van der Waals surface area contributed by atoms with E-state index < -0.39 is 0 Å². The van der Waals surface area contributed by atoms with Gasteiger partial charge in [0.1, 0.15) is 0 Å². The third kappa shape index (κ3) is 4.75. The molecule has 0 radical (unpaired) electrons. The number of nitrogens with one attached hydrogen (secondary N) is 4. The topological polar surface area (TPSA) is 82.3 Å². The highest BCUT2D eigenvalue weighted by Gasteiger charge is 2.52. The highest BCUT2D eigenvalue weighted by molar-refractivity contribution is 5.75. The molecule has 0 saturated heterocycles. The van der Waals surface area contributed by atoms with Crippen LogP contribution in [0, 0.1) is 47.3 Å². The van der Waals surface area contributed by atoms with E-state index in [2.05, 4.69) is 21.3 Å². The summed E-state index contributed by atoms with van der Waals surface area (Å²) in [6.45, 7) is 1.54. The zero-order chi connectivity index (χ0) is 24.3. The summed E-state index contributed by atoms with van der Waals surface area (Å²) in [5, 5.41) is 13.4. The van der Waals surface area contributed by atoms with Crippen molar-refractivity contribution in [1.29, 1.82) is 0 Å². The Bertz CT molecular complexity index is 732. The van der Waals surface area contributed by atoms with Crippen molar-refractivity contribution in [3.8, 4) is 0 Å². The van der Waals surface area contributed by atoms with E-state index in [9.17, 15) is 9.59 Å². The smallest absolute Gasteiger partial charge is 0.315 e. The molecule has 9 fully saturated rings. The molecule has 0 heterocycles. The highest BCUT2D eigenvalue weighted by atomic mass is 16.2. The predicted molar refractivity (Wildman–Crippen MR) is 140 cm³/mol. The van der Waals surface area contributed by atoms with Gasteiger partial charge < -0.3 is 21.3 Å². The van der Waals surface area contributed by atoms with E-state index in [1.165, 1.54) is 96.3 Å². The normalized spacial score (nSPS) is 48.0. The SMILES string of the molecule is O=C(NCC1CCCC(CNC(=O)NC23CC4CC(CC(C4)C2)C3)C1)NC12CC3CC(CC(C3)C1)C2. The molecule has 6 nitrogen and oxygen atoms in total. The highest BCUT2D eigenvalue weighted by Crippen LogP contribution is 2.56. The molecular weight excluding hydrogens is 448 g/mol. The van der Waals surface area contributed by atoms with E-state index in [0.717, 1.165) is 55.0 Å². The fourth-order valence-corrected chi connectivity index (χ4v) is 11.3. The van der Waals surface area contributed by atoms with Crippen LogP contribution in [0.3, 0.4) is 0 Å². The van der Waals surface area contributed by atoms with Crippen LogP contribution in [0.1, 0.15) is 103 Å². The van der Waals surface area contributed by atoms with Crippen LogP contribution in [0.25, 0.3) is 0 Å². The fraction of sp³-hybridized carbons (Fsp3) is 0.933. The van der Waals surface area contributed by atoms with Crippen molar-refractivity contribution < 1.29 is 9.59 Å². The molecule has 0 aliphatic heterocycles. The average Bonchev–Trinajstić information content (AvgIpc) is 2.79. The first-order chi connectivity index (χ1) is 17.4. The molecule has 6 heteroatoms. The molecule has 36 heavy (non-hydrogen) atoms. The Kier molecular flexibility index (Phi) is 5.96. The van der Waals surface area contributed by atoms with Gasteiger partial charge in [-0.15, -0.1) is 0 Å². The molecule has 0 aromatic carbocycles. The Hall–Kier alpha value is -1.46. The number of rotatable bonds is 6. The minimum Gasteiger partial charge on any atom is -0.338 e. The predicted octanol–water partition coefficient (Wildman–Crippen LogP) is 5.33. The summed E-state index contributed by atoms with van der Waals surface area (Å²) < 4.78 is 0. The number of amides is 4. The Morgan fingerprint density at radius 3 is 1.19 bits per heavy atom. The third-order valence-corrected chi connectivity index (χ3v) is 11.8. The quantitative estimate of drug-likeness (QED) is 0.401. The minimum absolute atomic E-state index is 0.0622. The van der Waals surface area contributed by atoms with Gasteiger partial charge in [0.2, 0.25) is 0 Å². The van der Waals surface area contributed by atoms with Crippen molar-refractivity contribution in [3.63, 3.8) is 0 Å². The summed E-state index contributed by atoms with van der Waals surface area (Å²) in [7, 11) is 0. The lowest BCUT2D eigenvalue weighted by atomic mass is 9.53. The van der Waals surface area contributed by atoms with Gasteiger partial charge in [-0.1, -0.05) is 6.42 Å². The molecule has 9 rings (SSSR count). The van der Waals surface area contributed by atoms with Crippen molar-refractivity contribution in [3.05, 3.63) is 0 Å². The monoisotopic (exact) mass is 496 g/mol. The molecule has 0 aromatic rings. The molecule has 0 aromatic heterocycles. The second-order valence-corrected chi connectivity index (χ2v) is 15.0. The Morgan fingerprint density at radius 1 is 0.528 bits per heavy atom. The maximum absolute atomic E-state index is 12.9. The van der Waals surface area contributed by atoms with E-state index in [1.807, 2.05) is 0 Å². The van der Waals surface area contributed by atoms with Gasteiger partial charge in [0, 0.05) is 24.2 Å². The summed E-state index contributed by atoms with van der Waals surface area (Å²) in [5.41, 5.74) is 0.170. The largest absolute Gasteiger partial charge is 0.338 e. The molecule has 0 spiro atoms. The van der Waals surface area contributed by atoms with Crippen LogP contribution in [0.15, 0.2) is 0 Å². The van der Waals surface area contributed by atoms with E-state index >= 15 is 0 Å². The zero-order valence-corrected chi connectivity index (χ0v) is 22.2. The third-order valence-electron chi connectivity index (χ3n) is 11.8. The van der Waals surface area contributed by atoms with Crippen molar-refractivity contribution >= 4 is 12.1 Å². The van der Waals surface area contributed by atoms with E-state index in [4.69, 9.17) is 0 Å². The van der Waals surface area contributed by atoms with Crippen molar-refractivity contribution in [1.82, 2.24) is 21.3 Å². The summed E-state index contributed by atoms with van der Waals surface area (Å²) in [5.74, 6) is 6.16. The number of hydrogen-bond donors (Lipinski definition) is 4. The number of carbonyl (C=O) groups excluding carboxylic acids is 2. The lowest BCUT2D eigenvalue weighted by Crippen LogP contribution is -2.61. The van der Waals surface area contributed by atoms with Crippen LogP contribution >= 0.6 is 0 Å². The molecule has 200 valence electrons. The van der Waals surface area contributed by atoms with Crippen molar-refractivity contribution in [2.45, 2.75) is 114 Å². The average molecular weight is 497 g/mol. The summed E-state index contributed by atoms with van der Waals surface area (Å²) in [6, 6.07) is 0.124. The molecule has 2 atom stereocenters. The number of urea groups is 2. The maximum atomic E-state index is 12.9. The number of hydrogen-bond acceptors (Lipinski definition) is 2.